The molecule has 0 radical (unpaired) electrons. The molecule has 0 aliphatic heterocycles. The third-order valence-electron chi connectivity index (χ3n) is 4.88. The molecule has 0 aliphatic rings. The summed E-state index contributed by atoms with van der Waals surface area (Å²) in [6.45, 7) is 5.01. The van der Waals surface area contributed by atoms with Gasteiger partial charge < -0.3 is 5.32 Å². The van der Waals surface area contributed by atoms with E-state index in [0.29, 0.717) is 29.5 Å². The van der Waals surface area contributed by atoms with Gasteiger partial charge in [-0.1, -0.05) is 54.1 Å². The second kappa shape index (κ2) is 8.55. The van der Waals surface area contributed by atoms with Gasteiger partial charge in [-0.05, 0) is 37.1 Å². The number of carbonyl (C=O) groups excluding carboxylic acids is 1. The summed E-state index contributed by atoms with van der Waals surface area (Å²) in [5.41, 5.74) is 4.40. The second-order valence-electron chi connectivity index (χ2n) is 7.18. The van der Waals surface area contributed by atoms with E-state index in [0.717, 1.165) is 22.5 Å². The Balaban J connectivity index is 1.44. The van der Waals surface area contributed by atoms with Gasteiger partial charge in [-0.25, -0.2) is 0 Å². The van der Waals surface area contributed by atoms with E-state index in [1.165, 1.54) is 0 Å². The molecule has 4 aromatic rings. The molecule has 2 heterocycles. The molecule has 0 atom stereocenters. The molecule has 0 saturated carbocycles. The molecular weight excluding hydrogens is 398 g/mol. The summed E-state index contributed by atoms with van der Waals surface area (Å²) in [5, 5.41) is 12.4. The lowest BCUT2D eigenvalue weighted by molar-refractivity contribution is 0.102. The summed E-state index contributed by atoms with van der Waals surface area (Å²) in [4.78, 5) is 12.7. The number of anilines is 1. The van der Waals surface area contributed by atoms with Gasteiger partial charge in [0, 0.05) is 17.8 Å². The first-order chi connectivity index (χ1) is 14.5. The highest BCUT2D eigenvalue weighted by Crippen LogP contribution is 2.20. The molecule has 1 amide bonds. The second-order valence-corrected chi connectivity index (χ2v) is 7.56. The molecule has 1 N–H and O–H groups in total. The molecule has 0 aliphatic carbocycles. The fourth-order valence-electron chi connectivity index (χ4n) is 3.29. The number of carbonyl (C=O) groups is 1. The first-order valence-corrected chi connectivity index (χ1v) is 10.0. The molecule has 152 valence electrons. The Morgan fingerprint density at radius 3 is 2.47 bits per heavy atom. The molecule has 30 heavy (non-hydrogen) atoms. The average molecular weight is 420 g/mol. The third kappa shape index (κ3) is 4.44. The van der Waals surface area contributed by atoms with Crippen molar-refractivity contribution in [2.24, 2.45) is 0 Å². The van der Waals surface area contributed by atoms with Crippen molar-refractivity contribution >= 4 is 23.3 Å². The maximum absolute atomic E-state index is 12.7. The van der Waals surface area contributed by atoms with Gasteiger partial charge >= 0.3 is 0 Å². The van der Waals surface area contributed by atoms with E-state index in [1.807, 2.05) is 73.3 Å². The predicted octanol–water partition coefficient (Wildman–Crippen LogP) is 4.70. The number of nitrogens with zero attached hydrogens (tertiary/aromatic N) is 4. The number of hydrogen-bond acceptors (Lipinski definition) is 3. The normalized spacial score (nSPS) is 10.9. The summed E-state index contributed by atoms with van der Waals surface area (Å²) >= 11 is 6.23. The number of aryl methyl sites for hydroxylation is 1. The van der Waals surface area contributed by atoms with Crippen molar-refractivity contribution in [3.63, 3.8) is 0 Å². The van der Waals surface area contributed by atoms with E-state index >= 15 is 0 Å². The molecule has 0 fully saturated rings. The minimum atomic E-state index is -0.201. The minimum absolute atomic E-state index is 0.201. The van der Waals surface area contributed by atoms with E-state index in [1.54, 1.807) is 16.8 Å². The van der Waals surface area contributed by atoms with E-state index in [4.69, 9.17) is 11.6 Å². The monoisotopic (exact) mass is 419 g/mol. The first-order valence-electron chi connectivity index (χ1n) is 9.67. The Kier molecular flexibility index (Phi) is 5.68. The van der Waals surface area contributed by atoms with Gasteiger partial charge in [0.2, 0.25) is 0 Å². The van der Waals surface area contributed by atoms with Crippen LogP contribution in [0.1, 0.15) is 32.9 Å². The lowest BCUT2D eigenvalue weighted by atomic mass is 10.1. The van der Waals surface area contributed by atoms with E-state index in [-0.39, 0.29) is 5.91 Å². The van der Waals surface area contributed by atoms with Crippen molar-refractivity contribution in [3.8, 4) is 0 Å². The zero-order valence-electron chi connectivity index (χ0n) is 16.8. The summed E-state index contributed by atoms with van der Waals surface area (Å²) < 4.78 is 3.65. The van der Waals surface area contributed by atoms with Crippen LogP contribution in [0.4, 0.5) is 5.82 Å². The Morgan fingerprint density at radius 2 is 1.73 bits per heavy atom. The van der Waals surface area contributed by atoms with Crippen LogP contribution in [0.15, 0.2) is 66.9 Å². The van der Waals surface area contributed by atoms with Crippen LogP contribution < -0.4 is 5.32 Å². The van der Waals surface area contributed by atoms with Gasteiger partial charge in [0.1, 0.15) is 0 Å². The number of amides is 1. The fourth-order valence-corrected chi connectivity index (χ4v) is 3.42. The maximum atomic E-state index is 12.7. The molecule has 0 spiro atoms. The highest BCUT2D eigenvalue weighted by atomic mass is 35.5. The van der Waals surface area contributed by atoms with Crippen LogP contribution in [0.25, 0.3) is 0 Å². The van der Waals surface area contributed by atoms with Gasteiger partial charge in [-0.3, -0.25) is 14.2 Å². The van der Waals surface area contributed by atoms with Crippen LogP contribution in [0.2, 0.25) is 5.02 Å². The molecule has 0 unspecified atom stereocenters. The number of hydrogen-bond donors (Lipinski definition) is 1. The number of aromatic nitrogens is 4. The zero-order chi connectivity index (χ0) is 21.1. The molecular formula is C23H22ClN5O. The Hall–Kier alpha value is -3.38. The van der Waals surface area contributed by atoms with Crippen molar-refractivity contribution in [2.45, 2.75) is 26.9 Å². The third-order valence-corrected chi connectivity index (χ3v) is 5.43. The number of rotatable bonds is 6. The quantitative estimate of drug-likeness (QED) is 0.492. The number of benzene rings is 2. The van der Waals surface area contributed by atoms with E-state index < -0.39 is 0 Å². The van der Waals surface area contributed by atoms with E-state index in [9.17, 15) is 4.79 Å². The van der Waals surface area contributed by atoms with Gasteiger partial charge in [0.15, 0.2) is 5.82 Å². The predicted molar refractivity (Wildman–Crippen MR) is 118 cm³/mol. The number of halogens is 1. The lowest BCUT2D eigenvalue weighted by Gasteiger charge is -2.07. The summed E-state index contributed by atoms with van der Waals surface area (Å²) in [6.07, 6.45) is 1.85. The van der Waals surface area contributed by atoms with E-state index in [2.05, 4.69) is 15.5 Å². The standard InChI is InChI=1S/C23H22ClN5O/c1-16-22(24)17(2)29(26-16)15-19-9-6-10-20(13-19)23(30)25-21-11-12-28(27-21)14-18-7-4-3-5-8-18/h3-13H,14-15H2,1-2H3,(H,25,27,30). The summed E-state index contributed by atoms with van der Waals surface area (Å²) in [6, 6.07) is 19.3. The summed E-state index contributed by atoms with van der Waals surface area (Å²) in [7, 11) is 0. The number of nitrogens with one attached hydrogen (secondary N) is 1. The molecule has 6 nitrogen and oxygen atoms in total. The van der Waals surface area contributed by atoms with Crippen molar-refractivity contribution in [1.29, 1.82) is 0 Å². The van der Waals surface area contributed by atoms with Crippen LogP contribution >= 0.6 is 11.6 Å². The van der Waals surface area contributed by atoms with Crippen molar-refractivity contribution in [1.82, 2.24) is 19.6 Å². The highest BCUT2D eigenvalue weighted by molar-refractivity contribution is 6.31. The smallest absolute Gasteiger partial charge is 0.256 e. The molecule has 0 bridgehead atoms. The van der Waals surface area contributed by atoms with Crippen molar-refractivity contribution in [3.05, 3.63) is 100.0 Å². The Morgan fingerprint density at radius 1 is 0.967 bits per heavy atom. The lowest BCUT2D eigenvalue weighted by Crippen LogP contribution is -2.13. The molecule has 0 saturated heterocycles. The first kappa shape index (κ1) is 19.9. The van der Waals surface area contributed by atoms with Crippen molar-refractivity contribution in [2.75, 3.05) is 5.32 Å². The van der Waals surface area contributed by atoms with Crippen LogP contribution in [0, 0.1) is 13.8 Å². The maximum Gasteiger partial charge on any atom is 0.256 e. The van der Waals surface area contributed by atoms with Crippen LogP contribution in [0.5, 0.6) is 0 Å². The molecule has 2 aromatic carbocycles. The zero-order valence-corrected chi connectivity index (χ0v) is 17.6. The largest absolute Gasteiger partial charge is 0.305 e. The summed E-state index contributed by atoms with van der Waals surface area (Å²) in [5.74, 6) is 0.319. The topological polar surface area (TPSA) is 64.7 Å². The van der Waals surface area contributed by atoms with Crippen LogP contribution in [0.3, 0.4) is 0 Å². The molecule has 4 rings (SSSR count). The molecule has 7 heteroatoms. The average Bonchev–Trinajstić information content (AvgIpc) is 3.28. The van der Waals surface area contributed by atoms with Crippen LogP contribution in [-0.4, -0.2) is 25.5 Å². The Bertz CT molecular complexity index is 1180. The van der Waals surface area contributed by atoms with Gasteiger partial charge in [0.05, 0.1) is 29.5 Å². The Labute approximate surface area is 180 Å². The van der Waals surface area contributed by atoms with Gasteiger partial charge in [-0.15, -0.1) is 0 Å². The van der Waals surface area contributed by atoms with Crippen molar-refractivity contribution < 1.29 is 4.79 Å². The van der Waals surface area contributed by atoms with Gasteiger partial charge in [-0.2, -0.15) is 10.2 Å². The molecule has 2 aromatic heterocycles. The highest BCUT2D eigenvalue weighted by Gasteiger charge is 2.12. The SMILES string of the molecule is Cc1nn(Cc2cccc(C(=O)Nc3ccn(Cc4ccccc4)n3)c2)c(C)c1Cl. The minimum Gasteiger partial charge on any atom is -0.305 e. The van der Waals surface area contributed by atoms with Gasteiger partial charge in [0.25, 0.3) is 5.91 Å². The van der Waals surface area contributed by atoms with Crippen LogP contribution in [-0.2, 0) is 13.1 Å². The fraction of sp³-hybridized carbons (Fsp3) is 0.174.